The summed E-state index contributed by atoms with van der Waals surface area (Å²) in [4.78, 5) is 18.6. The van der Waals surface area contributed by atoms with Gasteiger partial charge in [0.05, 0.1) is 5.02 Å². The van der Waals surface area contributed by atoms with E-state index in [1.807, 2.05) is 0 Å². The molecule has 1 aromatic rings. The third kappa shape index (κ3) is 2.71. The molecule has 3 aliphatic heterocycles. The lowest BCUT2D eigenvalue weighted by Crippen LogP contribution is -2.57. The zero-order valence-electron chi connectivity index (χ0n) is 10.4. The number of piperidine rings is 3. The van der Waals surface area contributed by atoms with Gasteiger partial charge in [-0.15, -0.1) is 0 Å². The second-order valence-corrected chi connectivity index (χ2v) is 5.98. The van der Waals surface area contributed by atoms with E-state index in [1.165, 1.54) is 0 Å². The number of fused-ring (bicyclic) bond motifs is 3. The summed E-state index contributed by atoms with van der Waals surface area (Å²) in [7, 11) is 0. The van der Waals surface area contributed by atoms with Crippen LogP contribution in [-0.2, 0) is 0 Å². The molecule has 0 aliphatic carbocycles. The fourth-order valence-electron chi connectivity index (χ4n) is 2.94. The fraction of sp³-hybridized carbons (Fsp3) is 0.538. The summed E-state index contributed by atoms with van der Waals surface area (Å²) in [5.41, 5.74) is 0.214. The van der Waals surface area contributed by atoms with Crippen molar-refractivity contribution >= 4 is 29.1 Å². The Bertz CT molecular complexity index is 501. The van der Waals surface area contributed by atoms with E-state index in [2.05, 4.69) is 15.2 Å². The Morgan fingerprint density at radius 1 is 1.32 bits per heavy atom. The Labute approximate surface area is 122 Å². The maximum Gasteiger partial charge on any atom is 0.271 e. The van der Waals surface area contributed by atoms with Crippen molar-refractivity contribution in [2.45, 2.75) is 18.9 Å². The zero-order chi connectivity index (χ0) is 13.4. The summed E-state index contributed by atoms with van der Waals surface area (Å²) in [6.45, 7) is 3.22. The van der Waals surface area contributed by atoms with Crippen LogP contribution >= 0.6 is 23.2 Å². The van der Waals surface area contributed by atoms with Gasteiger partial charge in [0, 0.05) is 12.6 Å². The van der Waals surface area contributed by atoms with Crippen LogP contribution in [0.25, 0.3) is 0 Å². The van der Waals surface area contributed by atoms with Crippen molar-refractivity contribution < 1.29 is 4.79 Å². The van der Waals surface area contributed by atoms with Crippen LogP contribution in [0.2, 0.25) is 10.2 Å². The average Bonchev–Trinajstić information content (AvgIpc) is 2.43. The predicted molar refractivity (Wildman–Crippen MR) is 74.7 cm³/mol. The first-order chi connectivity index (χ1) is 9.13. The summed E-state index contributed by atoms with van der Waals surface area (Å²) >= 11 is 11.8. The molecule has 0 aromatic carbocycles. The summed E-state index contributed by atoms with van der Waals surface area (Å²) in [6, 6.07) is 3.38. The van der Waals surface area contributed by atoms with E-state index in [9.17, 15) is 4.79 Å². The third-order valence-corrected chi connectivity index (χ3v) is 4.52. The lowest BCUT2D eigenvalue weighted by atomic mass is 9.84. The number of rotatable bonds is 2. The number of hydrogen-bond acceptors (Lipinski definition) is 3. The maximum absolute atomic E-state index is 12.2. The van der Waals surface area contributed by atoms with E-state index in [0.717, 1.165) is 32.5 Å². The molecule has 1 amide bonds. The topological polar surface area (TPSA) is 45.2 Å². The lowest BCUT2D eigenvalue weighted by molar-refractivity contribution is 0.0618. The molecule has 102 valence electrons. The number of hydrogen-bond donors (Lipinski definition) is 1. The first kappa shape index (κ1) is 13.2. The van der Waals surface area contributed by atoms with Crippen molar-refractivity contribution in [2.24, 2.45) is 5.92 Å². The predicted octanol–water partition coefficient (Wildman–Crippen LogP) is 2.21. The van der Waals surface area contributed by atoms with Crippen molar-refractivity contribution in [3.8, 4) is 0 Å². The van der Waals surface area contributed by atoms with Crippen LogP contribution in [0.15, 0.2) is 12.1 Å². The zero-order valence-corrected chi connectivity index (χ0v) is 11.9. The first-order valence-corrected chi connectivity index (χ1v) is 7.24. The molecule has 19 heavy (non-hydrogen) atoms. The van der Waals surface area contributed by atoms with Gasteiger partial charge in [-0.05, 0) is 44.0 Å². The number of carbonyl (C=O) groups is 1. The van der Waals surface area contributed by atoms with Gasteiger partial charge in [-0.2, -0.15) is 0 Å². The number of halogens is 2. The molecule has 1 aromatic heterocycles. The maximum atomic E-state index is 12.2. The molecular weight excluding hydrogens is 285 g/mol. The molecule has 0 radical (unpaired) electrons. The monoisotopic (exact) mass is 299 g/mol. The number of carbonyl (C=O) groups excluding carboxylic acids is 1. The van der Waals surface area contributed by atoms with E-state index in [4.69, 9.17) is 23.2 Å². The minimum atomic E-state index is -0.230. The highest BCUT2D eigenvalue weighted by Crippen LogP contribution is 2.28. The summed E-state index contributed by atoms with van der Waals surface area (Å²) in [6.07, 6.45) is 2.31. The molecule has 2 bridgehead atoms. The van der Waals surface area contributed by atoms with Crippen LogP contribution < -0.4 is 5.32 Å². The normalized spacial score (nSPS) is 29.3. The van der Waals surface area contributed by atoms with Crippen molar-refractivity contribution in [3.63, 3.8) is 0 Å². The van der Waals surface area contributed by atoms with Crippen molar-refractivity contribution in [1.82, 2.24) is 15.2 Å². The molecule has 3 aliphatic rings. The SMILES string of the molecule is O=C(NC1CN2CCC1CC2)c1nc(Cl)ccc1Cl. The Morgan fingerprint density at radius 2 is 2.05 bits per heavy atom. The van der Waals surface area contributed by atoms with Crippen LogP contribution in [0.1, 0.15) is 23.3 Å². The van der Waals surface area contributed by atoms with Gasteiger partial charge in [-0.1, -0.05) is 23.2 Å². The minimum absolute atomic E-state index is 0.201. The van der Waals surface area contributed by atoms with Gasteiger partial charge in [0.2, 0.25) is 0 Å². The highest BCUT2D eigenvalue weighted by Gasteiger charge is 2.35. The van der Waals surface area contributed by atoms with E-state index < -0.39 is 0 Å². The number of amides is 1. The van der Waals surface area contributed by atoms with Gasteiger partial charge in [-0.25, -0.2) is 4.98 Å². The summed E-state index contributed by atoms with van der Waals surface area (Å²) in [5, 5.41) is 3.67. The van der Waals surface area contributed by atoms with Crippen molar-refractivity contribution in [2.75, 3.05) is 19.6 Å². The number of nitrogens with zero attached hydrogens (tertiary/aromatic N) is 2. The largest absolute Gasteiger partial charge is 0.346 e. The Morgan fingerprint density at radius 3 is 2.68 bits per heavy atom. The number of pyridine rings is 1. The molecule has 6 heteroatoms. The highest BCUT2D eigenvalue weighted by molar-refractivity contribution is 6.34. The van der Waals surface area contributed by atoms with Crippen LogP contribution in [0, 0.1) is 5.92 Å². The average molecular weight is 300 g/mol. The van der Waals surface area contributed by atoms with Crippen LogP contribution in [0.3, 0.4) is 0 Å². The molecule has 0 spiro atoms. The fourth-order valence-corrected chi connectivity index (χ4v) is 3.28. The minimum Gasteiger partial charge on any atom is -0.346 e. The Balaban J connectivity index is 1.73. The molecule has 3 saturated heterocycles. The van der Waals surface area contributed by atoms with Crippen LogP contribution in [0.5, 0.6) is 0 Å². The van der Waals surface area contributed by atoms with Gasteiger partial charge in [0.15, 0.2) is 0 Å². The first-order valence-electron chi connectivity index (χ1n) is 6.49. The molecule has 4 rings (SSSR count). The molecular formula is C13H15Cl2N3O. The Hall–Kier alpha value is -0.840. The summed E-state index contributed by atoms with van der Waals surface area (Å²) in [5.74, 6) is 0.346. The quantitative estimate of drug-likeness (QED) is 0.852. The molecule has 1 N–H and O–H groups in total. The molecule has 4 nitrogen and oxygen atoms in total. The standard InChI is InChI=1S/C13H15Cl2N3O/c14-9-1-2-11(15)17-12(9)13(19)16-10-7-18-5-3-8(10)4-6-18/h1-2,8,10H,3-7H2,(H,16,19). The van der Waals surface area contributed by atoms with E-state index in [1.54, 1.807) is 12.1 Å². The van der Waals surface area contributed by atoms with Gasteiger partial charge in [-0.3, -0.25) is 4.79 Å². The van der Waals surface area contributed by atoms with Gasteiger partial charge in [0.1, 0.15) is 10.8 Å². The second-order valence-electron chi connectivity index (χ2n) is 5.18. The van der Waals surface area contributed by atoms with Gasteiger partial charge in [0.25, 0.3) is 5.91 Å². The van der Waals surface area contributed by atoms with Crippen molar-refractivity contribution in [3.05, 3.63) is 28.0 Å². The van der Waals surface area contributed by atoms with E-state index in [-0.39, 0.29) is 22.8 Å². The number of nitrogens with one attached hydrogen (secondary N) is 1. The lowest BCUT2D eigenvalue weighted by Gasteiger charge is -2.44. The second kappa shape index (κ2) is 5.27. The van der Waals surface area contributed by atoms with E-state index >= 15 is 0 Å². The van der Waals surface area contributed by atoms with Gasteiger partial charge < -0.3 is 10.2 Å². The Kier molecular flexibility index (Phi) is 3.65. The van der Waals surface area contributed by atoms with Gasteiger partial charge >= 0.3 is 0 Å². The number of aromatic nitrogens is 1. The van der Waals surface area contributed by atoms with E-state index in [0.29, 0.717) is 10.9 Å². The third-order valence-electron chi connectivity index (χ3n) is 4.00. The molecule has 3 fully saturated rings. The summed E-state index contributed by atoms with van der Waals surface area (Å²) < 4.78 is 0. The molecule has 1 atom stereocenters. The molecule has 4 heterocycles. The van der Waals surface area contributed by atoms with Crippen molar-refractivity contribution in [1.29, 1.82) is 0 Å². The van der Waals surface area contributed by atoms with Crippen LogP contribution in [0.4, 0.5) is 0 Å². The molecule has 1 unspecified atom stereocenters. The smallest absolute Gasteiger partial charge is 0.271 e. The highest BCUT2D eigenvalue weighted by atomic mass is 35.5. The molecule has 0 saturated carbocycles. The van der Waals surface area contributed by atoms with Crippen LogP contribution in [-0.4, -0.2) is 41.5 Å².